The minimum absolute atomic E-state index is 0.248. The lowest BCUT2D eigenvalue weighted by molar-refractivity contribution is -0.385. The molecular formula is C16H23N3O2. The fraction of sp³-hybridized carbons (Fsp3) is 0.625. The van der Waals surface area contributed by atoms with Crippen LogP contribution in [0.25, 0.3) is 0 Å². The van der Waals surface area contributed by atoms with Crippen LogP contribution in [-0.2, 0) is 6.54 Å². The summed E-state index contributed by atoms with van der Waals surface area (Å²) in [5.41, 5.74) is 1.38. The van der Waals surface area contributed by atoms with E-state index < -0.39 is 0 Å². The van der Waals surface area contributed by atoms with E-state index in [4.69, 9.17) is 0 Å². The molecular weight excluding hydrogens is 266 g/mol. The van der Waals surface area contributed by atoms with Gasteiger partial charge in [0.2, 0.25) is 0 Å². The summed E-state index contributed by atoms with van der Waals surface area (Å²) < 4.78 is 0. The molecule has 1 atom stereocenters. The van der Waals surface area contributed by atoms with Crippen LogP contribution in [0, 0.1) is 15.5 Å². The van der Waals surface area contributed by atoms with Gasteiger partial charge in [-0.25, -0.2) is 0 Å². The Labute approximate surface area is 125 Å². The molecule has 1 aromatic carbocycles. The lowest BCUT2D eigenvalue weighted by Gasteiger charge is -2.32. The summed E-state index contributed by atoms with van der Waals surface area (Å²) in [5, 5.41) is 14.6. The minimum atomic E-state index is -0.265. The Kier molecular flexibility index (Phi) is 3.95. The summed E-state index contributed by atoms with van der Waals surface area (Å²) in [6.07, 6.45) is 3.64. The third-order valence-corrected chi connectivity index (χ3v) is 4.67. The van der Waals surface area contributed by atoms with E-state index in [1.807, 2.05) is 12.1 Å². The van der Waals surface area contributed by atoms with Crippen molar-refractivity contribution < 1.29 is 4.92 Å². The van der Waals surface area contributed by atoms with Crippen LogP contribution in [0.3, 0.4) is 0 Å². The van der Waals surface area contributed by atoms with Crippen LogP contribution in [-0.4, -0.2) is 35.5 Å². The monoisotopic (exact) mass is 289 g/mol. The highest BCUT2D eigenvalue weighted by Crippen LogP contribution is 2.35. The van der Waals surface area contributed by atoms with Gasteiger partial charge in [-0.3, -0.25) is 15.0 Å². The minimum Gasteiger partial charge on any atom is -0.316 e. The second kappa shape index (κ2) is 5.73. The summed E-state index contributed by atoms with van der Waals surface area (Å²) in [4.78, 5) is 13.4. The maximum absolute atomic E-state index is 11.2. The molecule has 1 unspecified atom stereocenters. The molecule has 1 saturated heterocycles. The van der Waals surface area contributed by atoms with Crippen LogP contribution in [0.1, 0.15) is 31.7 Å². The largest absolute Gasteiger partial charge is 0.316 e. The Bertz CT molecular complexity index is 522. The van der Waals surface area contributed by atoms with Gasteiger partial charge in [-0.15, -0.1) is 0 Å². The van der Waals surface area contributed by atoms with Crippen molar-refractivity contribution in [1.29, 1.82) is 0 Å². The molecule has 2 fully saturated rings. The molecule has 0 spiro atoms. The van der Waals surface area contributed by atoms with Crippen molar-refractivity contribution in [3.63, 3.8) is 0 Å². The van der Waals surface area contributed by atoms with Crippen LogP contribution in [0.2, 0.25) is 0 Å². The highest BCUT2D eigenvalue weighted by molar-refractivity contribution is 5.39. The Morgan fingerprint density at radius 2 is 2.19 bits per heavy atom. The summed E-state index contributed by atoms with van der Waals surface area (Å²) >= 11 is 0. The molecule has 114 valence electrons. The smallest absolute Gasteiger partial charge is 0.273 e. The first kappa shape index (κ1) is 14.5. The fourth-order valence-corrected chi connectivity index (χ4v) is 3.29. The second-order valence-electron chi connectivity index (χ2n) is 6.76. The zero-order chi connectivity index (χ0) is 14.9. The molecule has 21 heavy (non-hydrogen) atoms. The van der Waals surface area contributed by atoms with E-state index in [1.54, 1.807) is 12.1 Å². The van der Waals surface area contributed by atoms with Crippen LogP contribution in [0.4, 0.5) is 5.69 Å². The molecule has 1 N–H and O–H groups in total. The van der Waals surface area contributed by atoms with E-state index in [0.29, 0.717) is 18.0 Å². The van der Waals surface area contributed by atoms with Crippen molar-refractivity contribution in [1.82, 2.24) is 10.2 Å². The number of nitro groups is 1. The number of benzene rings is 1. The summed E-state index contributed by atoms with van der Waals surface area (Å²) in [7, 11) is 0. The number of rotatable bonds is 6. The van der Waals surface area contributed by atoms with E-state index in [1.165, 1.54) is 19.3 Å². The summed E-state index contributed by atoms with van der Waals surface area (Å²) in [6.45, 7) is 6.17. The van der Waals surface area contributed by atoms with Crippen molar-refractivity contribution in [3.8, 4) is 0 Å². The van der Waals surface area contributed by atoms with Gasteiger partial charge >= 0.3 is 0 Å². The summed E-state index contributed by atoms with van der Waals surface area (Å²) in [6, 6.07) is 7.75. The van der Waals surface area contributed by atoms with Gasteiger partial charge in [-0.1, -0.05) is 25.1 Å². The van der Waals surface area contributed by atoms with E-state index in [2.05, 4.69) is 17.1 Å². The highest BCUT2D eigenvalue weighted by Gasteiger charge is 2.37. The van der Waals surface area contributed by atoms with Crippen molar-refractivity contribution in [3.05, 3.63) is 39.9 Å². The quantitative estimate of drug-likeness (QED) is 0.646. The predicted octanol–water partition coefficient (Wildman–Crippen LogP) is 2.56. The van der Waals surface area contributed by atoms with Gasteiger partial charge < -0.3 is 5.32 Å². The van der Waals surface area contributed by atoms with Crippen molar-refractivity contribution in [2.75, 3.05) is 19.6 Å². The standard InChI is InChI=1S/C16H23N3O2/c1-16(8-9-17-11-16)12-18(14-6-7-14)10-13-4-2-3-5-15(13)19(20)21/h2-5,14,17H,6-12H2,1H3. The maximum atomic E-state index is 11.2. The average Bonchev–Trinajstić information content (AvgIpc) is 3.22. The Hall–Kier alpha value is -1.46. The van der Waals surface area contributed by atoms with Crippen molar-refractivity contribution >= 4 is 5.69 Å². The molecule has 3 rings (SSSR count). The zero-order valence-electron chi connectivity index (χ0n) is 12.5. The van der Waals surface area contributed by atoms with Crippen LogP contribution >= 0.6 is 0 Å². The van der Waals surface area contributed by atoms with E-state index in [-0.39, 0.29) is 10.6 Å². The van der Waals surface area contributed by atoms with Gasteiger partial charge in [-0.05, 0) is 31.2 Å². The molecule has 1 aliphatic heterocycles. The van der Waals surface area contributed by atoms with Gasteiger partial charge in [0.1, 0.15) is 0 Å². The number of hydrogen-bond acceptors (Lipinski definition) is 4. The van der Waals surface area contributed by atoms with E-state index in [9.17, 15) is 10.1 Å². The number of nitrogens with one attached hydrogen (secondary N) is 1. The maximum Gasteiger partial charge on any atom is 0.273 e. The number of nitrogens with zero attached hydrogens (tertiary/aromatic N) is 2. The third kappa shape index (κ3) is 3.41. The lowest BCUT2D eigenvalue weighted by atomic mass is 9.89. The molecule has 1 aromatic rings. The van der Waals surface area contributed by atoms with Crippen LogP contribution in [0.5, 0.6) is 0 Å². The lowest BCUT2D eigenvalue weighted by Crippen LogP contribution is -2.38. The topological polar surface area (TPSA) is 58.4 Å². The number of hydrogen-bond donors (Lipinski definition) is 1. The van der Waals surface area contributed by atoms with Gasteiger partial charge in [-0.2, -0.15) is 0 Å². The molecule has 2 aliphatic rings. The fourth-order valence-electron chi connectivity index (χ4n) is 3.29. The first-order valence-corrected chi connectivity index (χ1v) is 7.74. The SMILES string of the molecule is CC1(CN(Cc2ccccc2[N+](=O)[O-])C2CC2)CCNC1. The molecule has 0 radical (unpaired) electrons. The molecule has 0 aromatic heterocycles. The summed E-state index contributed by atoms with van der Waals surface area (Å²) in [5.74, 6) is 0. The van der Waals surface area contributed by atoms with E-state index >= 15 is 0 Å². The highest BCUT2D eigenvalue weighted by atomic mass is 16.6. The van der Waals surface area contributed by atoms with Gasteiger partial charge in [0.15, 0.2) is 0 Å². The van der Waals surface area contributed by atoms with E-state index in [0.717, 1.165) is 25.2 Å². The zero-order valence-corrected chi connectivity index (χ0v) is 12.5. The van der Waals surface area contributed by atoms with Gasteiger partial charge in [0.05, 0.1) is 4.92 Å². The molecule has 5 nitrogen and oxygen atoms in total. The average molecular weight is 289 g/mol. The van der Waals surface area contributed by atoms with Crippen molar-refractivity contribution in [2.24, 2.45) is 5.41 Å². The molecule has 0 amide bonds. The van der Waals surface area contributed by atoms with Crippen LogP contribution in [0.15, 0.2) is 24.3 Å². The molecule has 5 heteroatoms. The third-order valence-electron chi connectivity index (χ3n) is 4.67. The normalized spacial score (nSPS) is 25.4. The first-order valence-electron chi connectivity index (χ1n) is 7.74. The number of nitro benzene ring substituents is 1. The molecule has 1 saturated carbocycles. The Balaban J connectivity index is 1.75. The first-order chi connectivity index (χ1) is 10.1. The molecule has 1 aliphatic carbocycles. The molecule has 1 heterocycles. The van der Waals surface area contributed by atoms with Gasteiger partial charge in [0, 0.05) is 37.3 Å². The Morgan fingerprint density at radius 3 is 2.81 bits per heavy atom. The number of para-hydroxylation sites is 1. The van der Waals surface area contributed by atoms with Crippen LogP contribution < -0.4 is 5.32 Å². The molecule has 0 bridgehead atoms. The second-order valence-corrected chi connectivity index (χ2v) is 6.76. The predicted molar refractivity (Wildman–Crippen MR) is 82.1 cm³/mol. The van der Waals surface area contributed by atoms with Crippen molar-refractivity contribution in [2.45, 2.75) is 38.8 Å². The Morgan fingerprint density at radius 1 is 1.43 bits per heavy atom. The van der Waals surface area contributed by atoms with Gasteiger partial charge in [0.25, 0.3) is 5.69 Å².